The number of benzene rings is 2. The molecule has 0 atom stereocenters. The molecule has 0 aliphatic rings. The van der Waals surface area contributed by atoms with Gasteiger partial charge in [-0.3, -0.25) is 9.59 Å². The number of rotatable bonds is 8. The molecule has 5 nitrogen and oxygen atoms in total. The van der Waals surface area contributed by atoms with Crippen molar-refractivity contribution >= 4 is 29.3 Å². The molecule has 27 heavy (non-hydrogen) atoms. The minimum atomic E-state index is -0.300. The zero-order chi connectivity index (χ0) is 19.5. The van der Waals surface area contributed by atoms with E-state index in [1.807, 2.05) is 56.3 Å². The highest BCUT2D eigenvalue weighted by molar-refractivity contribution is 5.99. The van der Waals surface area contributed by atoms with E-state index in [4.69, 9.17) is 0 Å². The van der Waals surface area contributed by atoms with Crippen LogP contribution in [0, 0.1) is 0 Å². The summed E-state index contributed by atoms with van der Waals surface area (Å²) in [6, 6.07) is 16.6. The SMILES string of the molecule is CCCCC(=O)Nc1ccc(C(=O)NN=C(C)C=Cc2ccccc2)cc1. The van der Waals surface area contributed by atoms with Gasteiger partial charge in [0.25, 0.3) is 5.91 Å². The summed E-state index contributed by atoms with van der Waals surface area (Å²) >= 11 is 0. The molecule has 0 aliphatic heterocycles. The van der Waals surface area contributed by atoms with Crippen LogP contribution in [-0.4, -0.2) is 17.5 Å². The maximum absolute atomic E-state index is 12.2. The van der Waals surface area contributed by atoms with Crippen molar-refractivity contribution in [1.82, 2.24) is 5.43 Å². The molecule has 0 aromatic heterocycles. The molecule has 140 valence electrons. The molecule has 0 heterocycles. The van der Waals surface area contributed by atoms with Gasteiger partial charge < -0.3 is 5.32 Å². The lowest BCUT2D eigenvalue weighted by Crippen LogP contribution is -2.18. The standard InChI is InChI=1S/C22H25N3O2/c1-3-4-10-21(26)23-20-15-13-19(14-16-20)22(27)25-24-17(2)11-12-18-8-6-5-7-9-18/h5-9,11-16H,3-4,10H2,1-2H3,(H,23,26)(H,25,27). The van der Waals surface area contributed by atoms with E-state index in [1.54, 1.807) is 24.3 Å². The van der Waals surface area contributed by atoms with Crippen LogP contribution in [0.1, 0.15) is 49.0 Å². The highest BCUT2D eigenvalue weighted by atomic mass is 16.2. The van der Waals surface area contributed by atoms with Crippen molar-refractivity contribution in [3.63, 3.8) is 0 Å². The molecule has 5 heteroatoms. The number of nitrogens with zero attached hydrogens (tertiary/aromatic N) is 1. The smallest absolute Gasteiger partial charge is 0.271 e. The largest absolute Gasteiger partial charge is 0.326 e. The van der Waals surface area contributed by atoms with E-state index >= 15 is 0 Å². The monoisotopic (exact) mass is 363 g/mol. The van der Waals surface area contributed by atoms with Gasteiger partial charge in [0.2, 0.25) is 5.91 Å². The summed E-state index contributed by atoms with van der Waals surface area (Å²) in [5.41, 5.74) is 5.44. The Morgan fingerprint density at radius 2 is 1.74 bits per heavy atom. The fourth-order valence-electron chi connectivity index (χ4n) is 2.29. The van der Waals surface area contributed by atoms with Crippen LogP contribution in [0.15, 0.2) is 65.8 Å². The van der Waals surface area contributed by atoms with Crippen LogP contribution in [0.4, 0.5) is 5.69 Å². The Balaban J connectivity index is 1.88. The van der Waals surface area contributed by atoms with Crippen LogP contribution in [0.3, 0.4) is 0 Å². The third-order valence-corrected chi connectivity index (χ3v) is 3.84. The first-order valence-electron chi connectivity index (χ1n) is 9.06. The summed E-state index contributed by atoms with van der Waals surface area (Å²) in [6.45, 7) is 3.86. The van der Waals surface area contributed by atoms with Gasteiger partial charge in [0, 0.05) is 17.7 Å². The lowest BCUT2D eigenvalue weighted by molar-refractivity contribution is -0.116. The predicted octanol–water partition coefficient (Wildman–Crippen LogP) is 4.63. The first kappa shape index (κ1) is 20.1. The average molecular weight is 363 g/mol. The number of allylic oxidation sites excluding steroid dienone is 1. The van der Waals surface area contributed by atoms with Gasteiger partial charge in [0.05, 0.1) is 5.71 Å². The first-order valence-corrected chi connectivity index (χ1v) is 9.06. The molecule has 0 radical (unpaired) electrons. The molecule has 2 aromatic carbocycles. The minimum Gasteiger partial charge on any atom is -0.326 e. The van der Waals surface area contributed by atoms with Crippen molar-refractivity contribution in [2.75, 3.05) is 5.32 Å². The fourth-order valence-corrected chi connectivity index (χ4v) is 2.29. The van der Waals surface area contributed by atoms with Crippen molar-refractivity contribution in [2.45, 2.75) is 33.1 Å². The molecule has 0 fully saturated rings. The van der Waals surface area contributed by atoms with Gasteiger partial charge in [-0.25, -0.2) is 5.43 Å². The molecule has 0 saturated carbocycles. The quantitative estimate of drug-likeness (QED) is 0.530. The van der Waals surface area contributed by atoms with E-state index in [9.17, 15) is 9.59 Å². The van der Waals surface area contributed by atoms with E-state index in [1.165, 1.54) is 0 Å². The normalized spacial score (nSPS) is 11.4. The number of carbonyl (C=O) groups excluding carboxylic acids is 2. The van der Waals surface area contributed by atoms with Crippen molar-refractivity contribution in [2.24, 2.45) is 5.10 Å². The molecular weight excluding hydrogens is 338 g/mol. The molecule has 0 spiro atoms. The van der Waals surface area contributed by atoms with Crippen LogP contribution in [0.5, 0.6) is 0 Å². The molecule has 2 N–H and O–H groups in total. The van der Waals surface area contributed by atoms with E-state index in [-0.39, 0.29) is 11.8 Å². The maximum Gasteiger partial charge on any atom is 0.271 e. The van der Waals surface area contributed by atoms with Gasteiger partial charge in [-0.05, 0) is 49.2 Å². The van der Waals surface area contributed by atoms with E-state index < -0.39 is 0 Å². The van der Waals surface area contributed by atoms with Gasteiger partial charge >= 0.3 is 0 Å². The maximum atomic E-state index is 12.2. The number of hydrogen-bond acceptors (Lipinski definition) is 3. The Labute approximate surface area is 160 Å². The van der Waals surface area contributed by atoms with Crippen LogP contribution >= 0.6 is 0 Å². The second-order valence-corrected chi connectivity index (χ2v) is 6.17. The van der Waals surface area contributed by atoms with Crippen molar-refractivity contribution in [1.29, 1.82) is 0 Å². The zero-order valence-electron chi connectivity index (χ0n) is 15.7. The molecule has 0 aliphatic carbocycles. The topological polar surface area (TPSA) is 70.6 Å². The Kier molecular flexibility index (Phi) is 7.97. The number of hydrogen-bond donors (Lipinski definition) is 2. The number of unbranched alkanes of at least 4 members (excludes halogenated alkanes) is 1. The highest BCUT2D eigenvalue weighted by Crippen LogP contribution is 2.10. The van der Waals surface area contributed by atoms with E-state index in [2.05, 4.69) is 15.8 Å². The lowest BCUT2D eigenvalue weighted by atomic mass is 10.2. The second kappa shape index (κ2) is 10.7. The van der Waals surface area contributed by atoms with Gasteiger partial charge in [-0.15, -0.1) is 0 Å². The Hall–Kier alpha value is -3.21. The molecular formula is C22H25N3O2. The number of anilines is 1. The van der Waals surface area contributed by atoms with Gasteiger partial charge in [-0.1, -0.05) is 49.8 Å². The molecule has 2 amide bonds. The molecule has 0 unspecified atom stereocenters. The van der Waals surface area contributed by atoms with Gasteiger partial charge in [-0.2, -0.15) is 5.10 Å². The third kappa shape index (κ3) is 7.28. The fraction of sp³-hybridized carbons (Fsp3) is 0.227. The second-order valence-electron chi connectivity index (χ2n) is 6.17. The number of hydrazone groups is 1. The number of carbonyl (C=O) groups is 2. The number of amides is 2. The Bertz CT molecular complexity index is 809. The lowest BCUT2D eigenvalue weighted by Gasteiger charge is -2.06. The van der Waals surface area contributed by atoms with Gasteiger partial charge in [0.1, 0.15) is 0 Å². The Morgan fingerprint density at radius 3 is 2.41 bits per heavy atom. The summed E-state index contributed by atoms with van der Waals surface area (Å²) in [4.78, 5) is 23.9. The van der Waals surface area contributed by atoms with Crippen LogP contribution in [-0.2, 0) is 4.79 Å². The molecule has 2 aromatic rings. The molecule has 0 saturated heterocycles. The van der Waals surface area contributed by atoms with E-state index in [0.717, 1.165) is 18.4 Å². The average Bonchev–Trinajstić information content (AvgIpc) is 2.70. The minimum absolute atomic E-state index is 0.0144. The highest BCUT2D eigenvalue weighted by Gasteiger charge is 2.06. The van der Waals surface area contributed by atoms with Crippen LogP contribution in [0.2, 0.25) is 0 Å². The zero-order valence-corrected chi connectivity index (χ0v) is 15.7. The predicted molar refractivity (Wildman–Crippen MR) is 111 cm³/mol. The summed E-state index contributed by atoms with van der Waals surface area (Å²) in [5, 5.41) is 6.90. The number of nitrogens with one attached hydrogen (secondary N) is 2. The molecule has 0 bridgehead atoms. The summed E-state index contributed by atoms with van der Waals surface area (Å²) in [7, 11) is 0. The molecule has 2 rings (SSSR count). The van der Waals surface area contributed by atoms with Gasteiger partial charge in [0.15, 0.2) is 0 Å². The van der Waals surface area contributed by atoms with Crippen LogP contribution in [0.25, 0.3) is 6.08 Å². The third-order valence-electron chi connectivity index (χ3n) is 3.84. The summed E-state index contributed by atoms with van der Waals surface area (Å²) in [5.74, 6) is -0.314. The first-order chi connectivity index (χ1) is 13.1. The van der Waals surface area contributed by atoms with Crippen LogP contribution < -0.4 is 10.7 Å². The van der Waals surface area contributed by atoms with Crippen molar-refractivity contribution in [3.05, 3.63) is 71.8 Å². The van der Waals surface area contributed by atoms with Crippen molar-refractivity contribution in [3.8, 4) is 0 Å². The Morgan fingerprint density at radius 1 is 1.04 bits per heavy atom. The summed E-state index contributed by atoms with van der Waals surface area (Å²) < 4.78 is 0. The summed E-state index contributed by atoms with van der Waals surface area (Å²) in [6.07, 6.45) is 6.12. The van der Waals surface area contributed by atoms with Crippen molar-refractivity contribution < 1.29 is 9.59 Å². The van der Waals surface area contributed by atoms with E-state index in [0.29, 0.717) is 23.4 Å².